The van der Waals surface area contributed by atoms with E-state index in [2.05, 4.69) is 38.3 Å². The van der Waals surface area contributed by atoms with E-state index in [0.717, 1.165) is 18.4 Å². The lowest BCUT2D eigenvalue weighted by Crippen LogP contribution is -2.45. The molecule has 5 nitrogen and oxygen atoms in total. The molecular formula is C18H38IN3O2S. The number of nitrogens with zero attached hydrogens (tertiary/aromatic N) is 1. The molecule has 1 saturated carbocycles. The van der Waals surface area contributed by atoms with E-state index in [-0.39, 0.29) is 35.1 Å². The predicted octanol–water partition coefficient (Wildman–Crippen LogP) is 3.59. The van der Waals surface area contributed by atoms with Gasteiger partial charge in [0, 0.05) is 25.4 Å². The number of guanidine groups is 1. The molecular weight excluding hydrogens is 449 g/mol. The molecule has 1 aliphatic rings. The standard InChI is InChI=1S/C18H37N3O2S.HI/c1-6-15-8-10-16(11-9-15)21-17(19-7-2)20-14-18(3,4)12-13-24(5,22)23;/h15-16H,6-14H2,1-5H3,(H2,19,20,21);1H. The molecule has 0 radical (unpaired) electrons. The number of hydrogen-bond acceptors (Lipinski definition) is 3. The van der Waals surface area contributed by atoms with Crippen molar-refractivity contribution in [1.29, 1.82) is 0 Å². The first-order valence-electron chi connectivity index (χ1n) is 9.37. The van der Waals surface area contributed by atoms with Gasteiger partial charge in [-0.2, -0.15) is 0 Å². The second kappa shape index (κ2) is 11.6. The van der Waals surface area contributed by atoms with Gasteiger partial charge in [-0.15, -0.1) is 24.0 Å². The van der Waals surface area contributed by atoms with E-state index < -0.39 is 9.84 Å². The monoisotopic (exact) mass is 487 g/mol. The summed E-state index contributed by atoms with van der Waals surface area (Å²) in [7, 11) is -2.92. The molecule has 0 spiro atoms. The molecule has 1 rings (SSSR count). The van der Waals surface area contributed by atoms with Gasteiger partial charge >= 0.3 is 0 Å². The fourth-order valence-corrected chi connectivity index (χ4v) is 3.99. The van der Waals surface area contributed by atoms with Gasteiger partial charge < -0.3 is 10.6 Å². The van der Waals surface area contributed by atoms with E-state index in [4.69, 9.17) is 4.99 Å². The van der Waals surface area contributed by atoms with Crippen LogP contribution in [0.2, 0.25) is 0 Å². The van der Waals surface area contributed by atoms with E-state index in [1.807, 2.05) is 0 Å². The van der Waals surface area contributed by atoms with Crippen LogP contribution in [0.15, 0.2) is 4.99 Å². The van der Waals surface area contributed by atoms with Crippen LogP contribution in [-0.4, -0.2) is 45.5 Å². The van der Waals surface area contributed by atoms with Crippen molar-refractivity contribution >= 4 is 39.8 Å². The third-order valence-electron chi connectivity index (χ3n) is 4.92. The summed E-state index contributed by atoms with van der Waals surface area (Å²) in [6.45, 7) is 9.97. The van der Waals surface area contributed by atoms with Gasteiger partial charge in [0.05, 0.1) is 5.75 Å². The molecule has 0 saturated heterocycles. The average Bonchev–Trinajstić information content (AvgIpc) is 2.51. The minimum atomic E-state index is -2.92. The smallest absolute Gasteiger partial charge is 0.191 e. The molecule has 0 aromatic carbocycles. The summed E-state index contributed by atoms with van der Waals surface area (Å²) in [5.74, 6) is 1.97. The Balaban J connectivity index is 0.00000576. The van der Waals surface area contributed by atoms with Crippen LogP contribution in [-0.2, 0) is 9.84 Å². The van der Waals surface area contributed by atoms with Crippen molar-refractivity contribution in [1.82, 2.24) is 10.6 Å². The van der Waals surface area contributed by atoms with Gasteiger partial charge in [0.1, 0.15) is 9.84 Å². The molecule has 0 aliphatic heterocycles. The van der Waals surface area contributed by atoms with E-state index in [1.54, 1.807) is 0 Å². The van der Waals surface area contributed by atoms with E-state index in [0.29, 0.717) is 19.0 Å². The Bertz CT molecular complexity index is 498. The van der Waals surface area contributed by atoms with Gasteiger partial charge in [0.15, 0.2) is 5.96 Å². The lowest BCUT2D eigenvalue weighted by atomic mass is 9.84. The van der Waals surface area contributed by atoms with Crippen LogP contribution < -0.4 is 10.6 Å². The summed E-state index contributed by atoms with van der Waals surface area (Å²) in [6, 6.07) is 0.504. The Morgan fingerprint density at radius 2 is 1.76 bits per heavy atom. The largest absolute Gasteiger partial charge is 0.357 e. The molecule has 150 valence electrons. The first kappa shape index (κ1) is 24.9. The van der Waals surface area contributed by atoms with Gasteiger partial charge in [-0.3, -0.25) is 4.99 Å². The molecule has 0 aromatic heterocycles. The fraction of sp³-hybridized carbons (Fsp3) is 0.944. The van der Waals surface area contributed by atoms with Crippen molar-refractivity contribution in [3.05, 3.63) is 0 Å². The normalized spacial score (nSPS) is 22.2. The molecule has 0 atom stereocenters. The summed E-state index contributed by atoms with van der Waals surface area (Å²) in [5.41, 5.74) is -0.120. The SMILES string of the molecule is CCNC(=NCC(C)(C)CCS(C)(=O)=O)NC1CCC(CC)CC1.I. The highest BCUT2D eigenvalue weighted by Gasteiger charge is 2.22. The zero-order valence-corrected chi connectivity index (χ0v) is 19.7. The number of nitrogens with one attached hydrogen (secondary N) is 2. The number of aliphatic imine (C=N–C) groups is 1. The molecule has 1 aliphatic carbocycles. The maximum absolute atomic E-state index is 11.4. The molecule has 2 N–H and O–H groups in total. The van der Waals surface area contributed by atoms with Crippen LogP contribution in [0.1, 0.15) is 66.2 Å². The van der Waals surface area contributed by atoms with Crippen LogP contribution in [0.4, 0.5) is 0 Å². The fourth-order valence-electron chi connectivity index (χ4n) is 3.06. The molecule has 1 fully saturated rings. The maximum Gasteiger partial charge on any atom is 0.191 e. The highest BCUT2D eigenvalue weighted by molar-refractivity contribution is 14.0. The summed E-state index contributed by atoms with van der Waals surface area (Å²) < 4.78 is 22.7. The minimum absolute atomic E-state index is 0. The summed E-state index contributed by atoms with van der Waals surface area (Å²) in [4.78, 5) is 4.72. The Morgan fingerprint density at radius 3 is 2.24 bits per heavy atom. The second-order valence-electron chi connectivity index (χ2n) is 8.01. The molecule has 0 heterocycles. The van der Waals surface area contributed by atoms with Gasteiger partial charge in [0.2, 0.25) is 0 Å². The predicted molar refractivity (Wildman–Crippen MR) is 119 cm³/mol. The summed E-state index contributed by atoms with van der Waals surface area (Å²) in [6.07, 6.45) is 8.23. The molecule has 0 amide bonds. The first-order valence-corrected chi connectivity index (χ1v) is 11.4. The maximum atomic E-state index is 11.4. The van der Waals surface area contributed by atoms with Gasteiger partial charge in [-0.1, -0.05) is 27.2 Å². The van der Waals surface area contributed by atoms with E-state index >= 15 is 0 Å². The average molecular weight is 487 g/mol. The lowest BCUT2D eigenvalue weighted by molar-refractivity contribution is 0.303. The van der Waals surface area contributed by atoms with Crippen LogP contribution in [0.5, 0.6) is 0 Å². The molecule has 0 unspecified atom stereocenters. The van der Waals surface area contributed by atoms with Crippen molar-refractivity contribution in [3.63, 3.8) is 0 Å². The Kier molecular flexibility index (Phi) is 11.6. The number of hydrogen-bond donors (Lipinski definition) is 2. The van der Waals surface area contributed by atoms with Gasteiger partial charge in [-0.05, 0) is 50.4 Å². The molecule has 0 bridgehead atoms. The van der Waals surface area contributed by atoms with Crippen molar-refractivity contribution in [2.75, 3.05) is 25.1 Å². The quantitative estimate of drug-likeness (QED) is 0.312. The van der Waals surface area contributed by atoms with Crippen LogP contribution in [0, 0.1) is 11.3 Å². The summed E-state index contributed by atoms with van der Waals surface area (Å²) in [5, 5.41) is 6.89. The van der Waals surface area contributed by atoms with Gasteiger partial charge in [0.25, 0.3) is 0 Å². The Labute approximate surface area is 172 Å². The zero-order valence-electron chi connectivity index (χ0n) is 16.6. The lowest BCUT2D eigenvalue weighted by Gasteiger charge is -2.30. The number of rotatable bonds is 8. The van der Waals surface area contributed by atoms with Crippen molar-refractivity contribution in [3.8, 4) is 0 Å². The number of halogens is 1. The molecule has 25 heavy (non-hydrogen) atoms. The first-order chi connectivity index (χ1) is 11.1. The topological polar surface area (TPSA) is 70.6 Å². The Morgan fingerprint density at radius 1 is 1.16 bits per heavy atom. The third-order valence-corrected chi connectivity index (χ3v) is 5.87. The molecule has 7 heteroatoms. The van der Waals surface area contributed by atoms with Crippen LogP contribution in [0.25, 0.3) is 0 Å². The highest BCUT2D eigenvalue weighted by atomic mass is 127. The number of sulfone groups is 1. The van der Waals surface area contributed by atoms with Crippen molar-refractivity contribution in [2.24, 2.45) is 16.3 Å². The zero-order chi connectivity index (χ0) is 18.2. The van der Waals surface area contributed by atoms with Crippen molar-refractivity contribution < 1.29 is 8.42 Å². The van der Waals surface area contributed by atoms with E-state index in [9.17, 15) is 8.42 Å². The highest BCUT2D eigenvalue weighted by Crippen LogP contribution is 2.26. The third kappa shape index (κ3) is 11.3. The Hall–Kier alpha value is -0.0500. The second-order valence-corrected chi connectivity index (χ2v) is 10.3. The van der Waals surface area contributed by atoms with E-state index in [1.165, 1.54) is 38.4 Å². The summed E-state index contributed by atoms with van der Waals surface area (Å²) >= 11 is 0. The van der Waals surface area contributed by atoms with Crippen LogP contribution >= 0.6 is 24.0 Å². The van der Waals surface area contributed by atoms with Crippen molar-refractivity contribution in [2.45, 2.75) is 72.3 Å². The minimum Gasteiger partial charge on any atom is -0.357 e. The van der Waals surface area contributed by atoms with Gasteiger partial charge in [-0.25, -0.2) is 8.42 Å². The van der Waals surface area contributed by atoms with Crippen LogP contribution in [0.3, 0.4) is 0 Å². The molecule has 0 aromatic rings.